The van der Waals surface area contributed by atoms with Crippen molar-refractivity contribution in [3.8, 4) is 6.07 Å². The molecule has 1 atom stereocenters. The molecule has 0 amide bonds. The first kappa shape index (κ1) is 14.7. The monoisotopic (exact) mass is 317 g/mol. The van der Waals surface area contributed by atoms with Crippen molar-refractivity contribution in [2.24, 2.45) is 0 Å². The van der Waals surface area contributed by atoms with E-state index in [1.54, 1.807) is 12.3 Å². The van der Waals surface area contributed by atoms with Crippen LogP contribution < -0.4 is 4.90 Å². The van der Waals surface area contributed by atoms with Crippen LogP contribution in [0.25, 0.3) is 11.0 Å². The van der Waals surface area contributed by atoms with Crippen molar-refractivity contribution < 1.29 is 0 Å². The van der Waals surface area contributed by atoms with Gasteiger partial charge in [-0.2, -0.15) is 5.26 Å². The van der Waals surface area contributed by atoms with E-state index >= 15 is 0 Å². The molecule has 1 fully saturated rings. The van der Waals surface area contributed by atoms with E-state index in [9.17, 15) is 0 Å². The third-order valence-corrected chi connectivity index (χ3v) is 4.72. The molecule has 1 saturated heterocycles. The molecule has 1 aliphatic heterocycles. The summed E-state index contributed by atoms with van der Waals surface area (Å²) in [5.74, 6) is 1.96. The Balaban J connectivity index is 1.79. The van der Waals surface area contributed by atoms with Gasteiger partial charge in [-0.25, -0.2) is 9.97 Å². The highest BCUT2D eigenvalue weighted by Gasteiger charge is 2.31. The Morgan fingerprint density at radius 3 is 3.00 bits per heavy atom. The summed E-state index contributed by atoms with van der Waals surface area (Å²) in [7, 11) is 0. The number of rotatable bonds is 3. The first-order valence-corrected chi connectivity index (χ1v) is 8.39. The predicted molar refractivity (Wildman–Crippen MR) is 93.7 cm³/mol. The van der Waals surface area contributed by atoms with E-state index in [0.717, 1.165) is 43.1 Å². The molecule has 0 aliphatic carbocycles. The third-order valence-electron chi connectivity index (χ3n) is 4.72. The first-order valence-electron chi connectivity index (χ1n) is 8.39. The van der Waals surface area contributed by atoms with Crippen LogP contribution in [0.5, 0.6) is 0 Å². The number of aryl methyl sites for hydroxylation is 1. The van der Waals surface area contributed by atoms with E-state index in [1.807, 2.05) is 12.1 Å². The van der Waals surface area contributed by atoms with Crippen molar-refractivity contribution in [3.05, 3.63) is 54.0 Å². The van der Waals surface area contributed by atoms with Crippen LogP contribution in [0.4, 0.5) is 5.82 Å². The number of imidazole rings is 1. The molecule has 3 heterocycles. The normalized spacial score (nSPS) is 17.3. The molecular weight excluding hydrogens is 298 g/mol. The average molecular weight is 317 g/mol. The van der Waals surface area contributed by atoms with Gasteiger partial charge < -0.3 is 9.47 Å². The van der Waals surface area contributed by atoms with Crippen LogP contribution in [-0.4, -0.2) is 21.1 Å². The van der Waals surface area contributed by atoms with Crippen LogP contribution in [0.3, 0.4) is 0 Å². The molecule has 4 rings (SSSR count). The largest absolute Gasteiger partial charge is 0.346 e. The standard InChI is InChI=1S/C19H19N5/c1-2-23-16-7-4-3-6-15(16)22-19(23)17-8-5-11-24(17)18-12-14(13-20)9-10-21-18/h3-4,6-7,9-10,12,17H,2,5,8,11H2,1H3/t17-/m0/s1. The number of anilines is 1. The Labute approximate surface area is 141 Å². The summed E-state index contributed by atoms with van der Waals surface area (Å²) in [4.78, 5) is 11.7. The molecule has 2 aromatic heterocycles. The number of para-hydroxylation sites is 2. The summed E-state index contributed by atoms with van der Waals surface area (Å²) in [6, 6.07) is 14.3. The smallest absolute Gasteiger partial charge is 0.132 e. The van der Waals surface area contributed by atoms with Crippen molar-refractivity contribution in [2.45, 2.75) is 32.4 Å². The Hall–Kier alpha value is -2.87. The maximum Gasteiger partial charge on any atom is 0.132 e. The van der Waals surface area contributed by atoms with E-state index in [4.69, 9.17) is 10.2 Å². The Bertz CT molecular complexity index is 921. The zero-order valence-corrected chi connectivity index (χ0v) is 13.7. The molecule has 24 heavy (non-hydrogen) atoms. The molecular formula is C19H19N5. The Kier molecular flexibility index (Phi) is 3.66. The number of nitrogens with zero attached hydrogens (tertiary/aromatic N) is 5. The fourth-order valence-electron chi connectivity index (χ4n) is 3.64. The van der Waals surface area contributed by atoms with Gasteiger partial charge in [-0.05, 0) is 44.0 Å². The quantitative estimate of drug-likeness (QED) is 0.739. The van der Waals surface area contributed by atoms with Crippen LogP contribution in [0.1, 0.15) is 37.2 Å². The predicted octanol–water partition coefficient (Wildman–Crippen LogP) is 3.66. The average Bonchev–Trinajstić information content (AvgIpc) is 3.25. The van der Waals surface area contributed by atoms with Gasteiger partial charge in [-0.3, -0.25) is 0 Å². The number of benzene rings is 1. The molecule has 0 saturated carbocycles. The summed E-state index contributed by atoms with van der Waals surface area (Å²) in [5.41, 5.74) is 2.87. The van der Waals surface area contributed by atoms with Crippen molar-refractivity contribution in [1.82, 2.24) is 14.5 Å². The Morgan fingerprint density at radius 2 is 2.17 bits per heavy atom. The van der Waals surface area contributed by atoms with E-state index in [2.05, 4.69) is 45.6 Å². The van der Waals surface area contributed by atoms with Gasteiger partial charge in [0.15, 0.2) is 0 Å². The van der Waals surface area contributed by atoms with Gasteiger partial charge in [0, 0.05) is 19.3 Å². The maximum absolute atomic E-state index is 9.15. The third kappa shape index (κ3) is 2.31. The number of hydrogen-bond acceptors (Lipinski definition) is 4. The number of aromatic nitrogens is 3. The minimum atomic E-state index is 0.207. The van der Waals surface area contributed by atoms with Crippen LogP contribution in [0.2, 0.25) is 0 Å². The van der Waals surface area contributed by atoms with Crippen LogP contribution in [-0.2, 0) is 6.54 Å². The van der Waals surface area contributed by atoms with E-state index in [-0.39, 0.29) is 6.04 Å². The zero-order chi connectivity index (χ0) is 16.5. The Morgan fingerprint density at radius 1 is 1.29 bits per heavy atom. The van der Waals surface area contributed by atoms with E-state index in [0.29, 0.717) is 5.56 Å². The van der Waals surface area contributed by atoms with Gasteiger partial charge in [0.05, 0.1) is 28.7 Å². The van der Waals surface area contributed by atoms with Gasteiger partial charge in [0.25, 0.3) is 0 Å². The number of hydrogen-bond donors (Lipinski definition) is 0. The number of fused-ring (bicyclic) bond motifs is 1. The van der Waals surface area contributed by atoms with E-state index < -0.39 is 0 Å². The van der Waals surface area contributed by atoms with Gasteiger partial charge >= 0.3 is 0 Å². The summed E-state index contributed by atoms with van der Waals surface area (Å²) in [6.45, 7) is 4.00. The van der Waals surface area contributed by atoms with Gasteiger partial charge in [0.1, 0.15) is 11.6 Å². The SMILES string of the molecule is CCn1c([C@@H]2CCCN2c2cc(C#N)ccn2)nc2ccccc21. The first-order chi connectivity index (χ1) is 11.8. The fraction of sp³-hybridized carbons (Fsp3) is 0.316. The topological polar surface area (TPSA) is 57.7 Å². The molecule has 5 heteroatoms. The molecule has 0 bridgehead atoms. The lowest BCUT2D eigenvalue weighted by Gasteiger charge is -2.26. The molecule has 1 aliphatic rings. The molecule has 3 aromatic rings. The highest BCUT2D eigenvalue weighted by molar-refractivity contribution is 5.76. The molecule has 0 radical (unpaired) electrons. The van der Waals surface area contributed by atoms with Gasteiger partial charge in [-0.1, -0.05) is 12.1 Å². The highest BCUT2D eigenvalue weighted by Crippen LogP contribution is 2.36. The summed E-state index contributed by atoms with van der Waals surface area (Å²) in [6.07, 6.45) is 3.88. The van der Waals surface area contributed by atoms with Crippen molar-refractivity contribution in [1.29, 1.82) is 5.26 Å². The lowest BCUT2D eigenvalue weighted by molar-refractivity contribution is 0.606. The van der Waals surface area contributed by atoms with Crippen LogP contribution in [0, 0.1) is 11.3 Å². The van der Waals surface area contributed by atoms with Crippen LogP contribution >= 0.6 is 0 Å². The van der Waals surface area contributed by atoms with Gasteiger partial charge in [0.2, 0.25) is 0 Å². The van der Waals surface area contributed by atoms with Gasteiger partial charge in [-0.15, -0.1) is 0 Å². The van der Waals surface area contributed by atoms with Crippen molar-refractivity contribution in [3.63, 3.8) is 0 Å². The molecule has 1 aromatic carbocycles. The number of nitriles is 1. The minimum absolute atomic E-state index is 0.207. The van der Waals surface area contributed by atoms with Crippen LogP contribution in [0.15, 0.2) is 42.6 Å². The highest BCUT2D eigenvalue weighted by atomic mass is 15.3. The molecule has 0 spiro atoms. The fourth-order valence-corrected chi connectivity index (χ4v) is 3.64. The lowest BCUT2D eigenvalue weighted by Crippen LogP contribution is -2.26. The lowest BCUT2D eigenvalue weighted by atomic mass is 10.2. The maximum atomic E-state index is 9.15. The zero-order valence-electron chi connectivity index (χ0n) is 13.7. The second-order valence-corrected chi connectivity index (χ2v) is 6.07. The molecule has 0 N–H and O–H groups in total. The van der Waals surface area contributed by atoms with E-state index in [1.165, 1.54) is 5.52 Å². The minimum Gasteiger partial charge on any atom is -0.346 e. The summed E-state index contributed by atoms with van der Waals surface area (Å²) in [5, 5.41) is 9.15. The van der Waals surface area contributed by atoms with Crippen molar-refractivity contribution in [2.75, 3.05) is 11.4 Å². The second-order valence-electron chi connectivity index (χ2n) is 6.07. The molecule has 0 unspecified atom stereocenters. The van der Waals surface area contributed by atoms with Crippen molar-refractivity contribution >= 4 is 16.9 Å². The second kappa shape index (κ2) is 5.97. The molecule has 5 nitrogen and oxygen atoms in total. The summed E-state index contributed by atoms with van der Waals surface area (Å²) >= 11 is 0. The summed E-state index contributed by atoms with van der Waals surface area (Å²) < 4.78 is 2.30. The number of pyridine rings is 1. The molecule has 120 valence electrons.